The fourth-order valence-corrected chi connectivity index (χ4v) is 2.22. The van der Waals surface area contributed by atoms with Crippen molar-refractivity contribution in [3.8, 4) is 0 Å². The van der Waals surface area contributed by atoms with E-state index < -0.39 is 22.3 Å². The Hall–Kier alpha value is -0.940. The third-order valence-electron chi connectivity index (χ3n) is 1.91. The van der Waals surface area contributed by atoms with Crippen LogP contribution < -0.4 is 0 Å². The van der Waals surface area contributed by atoms with Gasteiger partial charge in [-0.3, -0.25) is 0 Å². The van der Waals surface area contributed by atoms with Crippen LogP contribution in [0.15, 0.2) is 17.0 Å². The quantitative estimate of drug-likeness (QED) is 0.754. The highest BCUT2D eigenvalue weighted by Gasteiger charge is 2.14. The van der Waals surface area contributed by atoms with Crippen molar-refractivity contribution in [3.63, 3.8) is 0 Å². The summed E-state index contributed by atoms with van der Waals surface area (Å²) in [5, 5.41) is 8.76. The van der Waals surface area contributed by atoms with E-state index >= 15 is 0 Å². The van der Waals surface area contributed by atoms with Crippen LogP contribution in [0.1, 0.15) is 11.1 Å². The maximum absolute atomic E-state index is 13.1. The zero-order chi connectivity index (χ0) is 10.9. The number of hydrogen-bond donors (Lipinski definition) is 1. The molecule has 0 aliphatic rings. The lowest BCUT2D eigenvalue weighted by atomic mass is 10.1. The second-order valence-corrected chi connectivity index (χ2v) is 5.12. The van der Waals surface area contributed by atoms with Gasteiger partial charge in [0.2, 0.25) is 0 Å². The summed E-state index contributed by atoms with van der Waals surface area (Å²) in [6.45, 7) is 1.01. The molecule has 78 valence electrons. The molecule has 0 aliphatic carbocycles. The van der Waals surface area contributed by atoms with E-state index in [4.69, 9.17) is 5.11 Å². The van der Waals surface area contributed by atoms with Crippen LogP contribution in [-0.4, -0.2) is 19.8 Å². The van der Waals surface area contributed by atoms with E-state index in [0.29, 0.717) is 5.56 Å². The molecule has 3 nitrogen and oxygen atoms in total. The van der Waals surface area contributed by atoms with Gasteiger partial charge in [-0.1, -0.05) is 0 Å². The SMILES string of the molecule is Cc1cc(F)c(CO)cc1S(C)(=O)=O. The molecule has 1 rings (SSSR count). The van der Waals surface area contributed by atoms with Crippen LogP contribution in [0.2, 0.25) is 0 Å². The van der Waals surface area contributed by atoms with Gasteiger partial charge in [0.05, 0.1) is 11.5 Å². The Labute approximate surface area is 82.1 Å². The van der Waals surface area contributed by atoms with Gasteiger partial charge in [0.1, 0.15) is 5.82 Å². The molecule has 0 aliphatic heterocycles. The Morgan fingerprint density at radius 3 is 2.43 bits per heavy atom. The van der Waals surface area contributed by atoms with Gasteiger partial charge in [-0.05, 0) is 24.6 Å². The van der Waals surface area contributed by atoms with Crippen LogP contribution in [-0.2, 0) is 16.4 Å². The molecule has 0 saturated heterocycles. The Balaban J connectivity index is 3.47. The first kappa shape index (κ1) is 11.1. The highest BCUT2D eigenvalue weighted by atomic mass is 32.2. The Kier molecular flexibility index (Phi) is 2.92. The average molecular weight is 218 g/mol. The fraction of sp³-hybridized carbons (Fsp3) is 0.333. The zero-order valence-electron chi connectivity index (χ0n) is 7.91. The Bertz CT molecular complexity index is 451. The van der Waals surface area contributed by atoms with E-state index in [-0.39, 0.29) is 10.5 Å². The largest absolute Gasteiger partial charge is 0.392 e. The van der Waals surface area contributed by atoms with Crippen LogP contribution >= 0.6 is 0 Å². The first-order chi connectivity index (χ1) is 6.36. The van der Waals surface area contributed by atoms with Crippen LogP contribution in [0.4, 0.5) is 4.39 Å². The molecule has 0 radical (unpaired) electrons. The maximum atomic E-state index is 13.1. The summed E-state index contributed by atoms with van der Waals surface area (Å²) >= 11 is 0. The molecule has 1 aromatic rings. The minimum Gasteiger partial charge on any atom is -0.392 e. The fourth-order valence-electron chi connectivity index (χ4n) is 1.22. The van der Waals surface area contributed by atoms with Gasteiger partial charge in [0.25, 0.3) is 0 Å². The molecule has 0 spiro atoms. The van der Waals surface area contributed by atoms with E-state index in [1.807, 2.05) is 0 Å². The van der Waals surface area contributed by atoms with Crippen molar-refractivity contribution in [1.82, 2.24) is 0 Å². The Morgan fingerprint density at radius 2 is 2.00 bits per heavy atom. The minimum absolute atomic E-state index is 0.00368. The van der Waals surface area contributed by atoms with Crippen molar-refractivity contribution in [1.29, 1.82) is 0 Å². The number of sulfone groups is 1. The van der Waals surface area contributed by atoms with Gasteiger partial charge in [-0.15, -0.1) is 0 Å². The smallest absolute Gasteiger partial charge is 0.175 e. The van der Waals surface area contributed by atoms with Crippen molar-refractivity contribution in [2.24, 2.45) is 0 Å². The van der Waals surface area contributed by atoms with Gasteiger partial charge in [0.15, 0.2) is 9.84 Å². The summed E-state index contributed by atoms with van der Waals surface area (Å²) < 4.78 is 35.5. The molecule has 5 heteroatoms. The minimum atomic E-state index is -3.36. The van der Waals surface area contributed by atoms with Crippen molar-refractivity contribution in [2.75, 3.05) is 6.26 Å². The van der Waals surface area contributed by atoms with Gasteiger partial charge >= 0.3 is 0 Å². The van der Waals surface area contributed by atoms with Gasteiger partial charge in [-0.25, -0.2) is 12.8 Å². The van der Waals surface area contributed by atoms with Crippen molar-refractivity contribution >= 4 is 9.84 Å². The summed E-state index contributed by atoms with van der Waals surface area (Å²) in [6.07, 6.45) is 1.05. The molecule has 1 aromatic carbocycles. The first-order valence-corrected chi connectivity index (χ1v) is 5.85. The summed E-state index contributed by atoms with van der Waals surface area (Å²) in [6, 6.07) is 2.28. The number of hydrogen-bond acceptors (Lipinski definition) is 3. The number of halogens is 1. The maximum Gasteiger partial charge on any atom is 0.175 e. The van der Waals surface area contributed by atoms with E-state index in [1.165, 1.54) is 13.0 Å². The zero-order valence-corrected chi connectivity index (χ0v) is 8.73. The number of benzene rings is 1. The highest BCUT2D eigenvalue weighted by molar-refractivity contribution is 7.90. The molecule has 0 heterocycles. The van der Waals surface area contributed by atoms with E-state index in [2.05, 4.69) is 0 Å². The summed E-state index contributed by atoms with van der Waals surface area (Å²) in [7, 11) is -3.36. The molecule has 0 fully saturated rings. The molecule has 0 aromatic heterocycles. The van der Waals surface area contributed by atoms with Crippen molar-refractivity contribution < 1.29 is 17.9 Å². The normalized spacial score (nSPS) is 11.7. The molecular formula is C9H11FO3S. The average Bonchev–Trinajstić information content (AvgIpc) is 2.02. The molecule has 0 bridgehead atoms. The van der Waals surface area contributed by atoms with Crippen LogP contribution in [0.3, 0.4) is 0 Å². The standard InChI is InChI=1S/C9H11FO3S/c1-6-3-8(10)7(5-11)4-9(6)14(2,12)13/h3-4,11H,5H2,1-2H3. The topological polar surface area (TPSA) is 54.4 Å². The second kappa shape index (κ2) is 3.67. The van der Waals surface area contributed by atoms with Crippen LogP contribution in [0, 0.1) is 12.7 Å². The van der Waals surface area contributed by atoms with Gasteiger partial charge in [0, 0.05) is 11.8 Å². The third kappa shape index (κ3) is 2.10. The number of aliphatic hydroxyl groups is 1. The molecule has 0 atom stereocenters. The number of rotatable bonds is 2. The summed E-state index contributed by atoms with van der Waals surface area (Å²) in [5.41, 5.74) is 0.346. The number of aliphatic hydroxyl groups excluding tert-OH is 1. The van der Waals surface area contributed by atoms with E-state index in [1.54, 1.807) is 0 Å². The molecule has 14 heavy (non-hydrogen) atoms. The van der Waals surface area contributed by atoms with Crippen LogP contribution in [0.5, 0.6) is 0 Å². The van der Waals surface area contributed by atoms with E-state index in [0.717, 1.165) is 12.3 Å². The number of aryl methyl sites for hydroxylation is 1. The second-order valence-electron chi connectivity index (χ2n) is 3.14. The highest BCUT2D eigenvalue weighted by Crippen LogP contribution is 2.19. The lowest BCUT2D eigenvalue weighted by Crippen LogP contribution is -2.03. The first-order valence-electron chi connectivity index (χ1n) is 3.96. The monoisotopic (exact) mass is 218 g/mol. The van der Waals surface area contributed by atoms with E-state index in [9.17, 15) is 12.8 Å². The molecule has 0 amide bonds. The van der Waals surface area contributed by atoms with Gasteiger partial charge in [-0.2, -0.15) is 0 Å². The lowest BCUT2D eigenvalue weighted by Gasteiger charge is -2.06. The Morgan fingerprint density at radius 1 is 1.43 bits per heavy atom. The molecular weight excluding hydrogens is 207 g/mol. The van der Waals surface area contributed by atoms with Crippen molar-refractivity contribution in [2.45, 2.75) is 18.4 Å². The van der Waals surface area contributed by atoms with Gasteiger partial charge < -0.3 is 5.11 Å². The molecule has 0 saturated carbocycles. The predicted octanol–water partition coefficient (Wildman–Crippen LogP) is 1.03. The molecule has 1 N–H and O–H groups in total. The molecule has 0 unspecified atom stereocenters. The summed E-state index contributed by atoms with van der Waals surface area (Å²) in [4.78, 5) is 0.0583. The van der Waals surface area contributed by atoms with Crippen LogP contribution in [0.25, 0.3) is 0 Å². The third-order valence-corrected chi connectivity index (χ3v) is 3.15. The summed E-state index contributed by atoms with van der Waals surface area (Å²) in [5.74, 6) is -0.586. The van der Waals surface area contributed by atoms with Crippen molar-refractivity contribution in [3.05, 3.63) is 29.1 Å². The predicted molar refractivity (Wildman–Crippen MR) is 50.2 cm³/mol. The lowest BCUT2D eigenvalue weighted by molar-refractivity contribution is 0.275.